The van der Waals surface area contributed by atoms with Crippen molar-refractivity contribution in [3.63, 3.8) is 0 Å². The van der Waals surface area contributed by atoms with E-state index in [9.17, 15) is 4.79 Å². The molecular formula is C11H12ClNO2S. The molecular weight excluding hydrogens is 246 g/mol. The predicted octanol–water partition coefficient (Wildman–Crippen LogP) is 3.08. The van der Waals surface area contributed by atoms with Crippen molar-refractivity contribution in [3.05, 3.63) is 23.4 Å². The van der Waals surface area contributed by atoms with Crippen LogP contribution in [0.2, 0.25) is 5.02 Å². The molecule has 1 heterocycles. The third-order valence-corrected chi connectivity index (χ3v) is 4.50. The molecule has 1 N–H and O–H groups in total. The lowest BCUT2D eigenvalue weighted by Crippen LogP contribution is -2.11. The second-order valence-corrected chi connectivity index (χ2v) is 5.52. The van der Waals surface area contributed by atoms with Crippen LogP contribution in [0.15, 0.2) is 23.4 Å². The van der Waals surface area contributed by atoms with Gasteiger partial charge in [0.25, 0.3) is 0 Å². The number of aliphatic carboxylic acids is 1. The molecule has 1 aromatic rings. The number of hydrogen-bond donors (Lipinski definition) is 1. The molecule has 1 aromatic heterocycles. The van der Waals surface area contributed by atoms with Gasteiger partial charge in [0.15, 0.2) is 0 Å². The molecule has 1 fully saturated rings. The Labute approximate surface area is 103 Å². The molecule has 2 rings (SSSR count). The van der Waals surface area contributed by atoms with E-state index >= 15 is 0 Å². The van der Waals surface area contributed by atoms with Gasteiger partial charge in [0.1, 0.15) is 5.03 Å². The molecule has 0 atom stereocenters. The van der Waals surface area contributed by atoms with Crippen molar-refractivity contribution in [1.82, 2.24) is 4.98 Å². The molecule has 1 aliphatic rings. The van der Waals surface area contributed by atoms with E-state index in [1.54, 1.807) is 30.1 Å². The van der Waals surface area contributed by atoms with Gasteiger partial charge in [-0.15, -0.1) is 11.8 Å². The Bertz CT molecular complexity index is 407. The van der Waals surface area contributed by atoms with Gasteiger partial charge in [-0.25, -0.2) is 4.98 Å². The van der Waals surface area contributed by atoms with Gasteiger partial charge >= 0.3 is 5.97 Å². The number of hydrogen-bond acceptors (Lipinski definition) is 3. The number of carboxylic acids is 1. The number of carbonyl (C=O) groups is 1. The van der Waals surface area contributed by atoms with E-state index in [-0.39, 0.29) is 11.8 Å². The third kappa shape index (κ3) is 2.89. The smallest absolute Gasteiger partial charge is 0.303 e. The number of carboxylic acid groups (broad SMARTS) is 1. The molecule has 0 amide bonds. The topological polar surface area (TPSA) is 50.2 Å². The van der Waals surface area contributed by atoms with Crippen LogP contribution in [-0.2, 0) is 4.79 Å². The fourth-order valence-corrected chi connectivity index (χ4v) is 3.03. The molecule has 5 heteroatoms. The highest BCUT2D eigenvalue weighted by molar-refractivity contribution is 7.99. The number of nitrogens with zero attached hydrogens (tertiary/aromatic N) is 1. The number of halogens is 1. The van der Waals surface area contributed by atoms with Crippen molar-refractivity contribution in [2.75, 3.05) is 5.75 Å². The summed E-state index contributed by atoms with van der Waals surface area (Å²) in [5.74, 6) is 0.0703. The number of pyridine rings is 1. The Balaban J connectivity index is 1.93. The number of aromatic nitrogens is 1. The molecule has 0 radical (unpaired) electrons. The Morgan fingerprint density at radius 3 is 2.94 bits per heavy atom. The van der Waals surface area contributed by atoms with E-state index in [2.05, 4.69) is 4.98 Å². The lowest BCUT2D eigenvalue weighted by molar-refractivity contribution is -0.138. The molecule has 0 spiro atoms. The summed E-state index contributed by atoms with van der Waals surface area (Å²) in [4.78, 5) is 14.9. The standard InChI is InChI=1S/C11H12ClNO2S/c12-8-2-1-5-13-10(8)16-7-11(3-4-11)6-9(14)15/h1-2,5H,3-4,6-7H2,(H,14,15). The van der Waals surface area contributed by atoms with E-state index in [0.717, 1.165) is 23.6 Å². The average Bonchev–Trinajstić information content (AvgIpc) is 2.96. The van der Waals surface area contributed by atoms with Gasteiger partial charge in [-0.3, -0.25) is 4.79 Å². The van der Waals surface area contributed by atoms with Crippen LogP contribution in [0.4, 0.5) is 0 Å². The third-order valence-electron chi connectivity index (χ3n) is 2.72. The van der Waals surface area contributed by atoms with Crippen LogP contribution in [0.5, 0.6) is 0 Å². The van der Waals surface area contributed by atoms with Crippen LogP contribution in [0.3, 0.4) is 0 Å². The number of thioether (sulfide) groups is 1. The van der Waals surface area contributed by atoms with Crippen molar-refractivity contribution in [2.24, 2.45) is 5.41 Å². The van der Waals surface area contributed by atoms with Crippen molar-refractivity contribution in [2.45, 2.75) is 24.3 Å². The summed E-state index contributed by atoms with van der Waals surface area (Å²) < 4.78 is 0. The van der Waals surface area contributed by atoms with Gasteiger partial charge in [-0.1, -0.05) is 11.6 Å². The largest absolute Gasteiger partial charge is 0.481 e. The molecule has 1 saturated carbocycles. The van der Waals surface area contributed by atoms with E-state index in [1.807, 2.05) is 0 Å². The average molecular weight is 258 g/mol. The molecule has 0 aliphatic heterocycles. The summed E-state index contributed by atoms with van der Waals surface area (Å²) >= 11 is 7.53. The molecule has 3 nitrogen and oxygen atoms in total. The summed E-state index contributed by atoms with van der Waals surface area (Å²) in [6, 6.07) is 3.59. The van der Waals surface area contributed by atoms with Crippen molar-refractivity contribution in [3.8, 4) is 0 Å². The predicted molar refractivity (Wildman–Crippen MR) is 63.9 cm³/mol. The van der Waals surface area contributed by atoms with Crippen molar-refractivity contribution in [1.29, 1.82) is 0 Å². The Morgan fingerprint density at radius 1 is 1.62 bits per heavy atom. The maximum atomic E-state index is 10.7. The number of rotatable bonds is 5. The van der Waals surface area contributed by atoms with Crippen LogP contribution in [-0.4, -0.2) is 21.8 Å². The summed E-state index contributed by atoms with van der Waals surface area (Å²) in [7, 11) is 0. The minimum atomic E-state index is -0.717. The maximum absolute atomic E-state index is 10.7. The van der Waals surface area contributed by atoms with Crippen molar-refractivity contribution < 1.29 is 9.90 Å². The van der Waals surface area contributed by atoms with Crippen LogP contribution in [0, 0.1) is 5.41 Å². The monoisotopic (exact) mass is 257 g/mol. The summed E-state index contributed by atoms with van der Waals surface area (Å²) in [5.41, 5.74) is -0.0165. The quantitative estimate of drug-likeness (QED) is 0.824. The Kier molecular flexibility index (Phi) is 3.40. The maximum Gasteiger partial charge on any atom is 0.303 e. The van der Waals surface area contributed by atoms with E-state index < -0.39 is 5.97 Å². The van der Waals surface area contributed by atoms with Gasteiger partial charge < -0.3 is 5.11 Å². The second kappa shape index (κ2) is 4.63. The zero-order valence-electron chi connectivity index (χ0n) is 8.65. The van der Waals surface area contributed by atoms with E-state index in [4.69, 9.17) is 16.7 Å². The first-order valence-corrected chi connectivity index (χ1v) is 6.43. The van der Waals surface area contributed by atoms with Crippen LogP contribution >= 0.6 is 23.4 Å². The lowest BCUT2D eigenvalue weighted by Gasteiger charge is -2.11. The van der Waals surface area contributed by atoms with Gasteiger partial charge in [0.2, 0.25) is 0 Å². The van der Waals surface area contributed by atoms with E-state index in [0.29, 0.717) is 5.02 Å². The van der Waals surface area contributed by atoms with E-state index in [1.165, 1.54) is 0 Å². The first-order valence-electron chi connectivity index (χ1n) is 5.06. The molecule has 0 saturated heterocycles. The zero-order valence-corrected chi connectivity index (χ0v) is 10.2. The first-order chi connectivity index (χ1) is 7.61. The SMILES string of the molecule is O=C(O)CC1(CSc2ncccc2Cl)CC1. The Morgan fingerprint density at radius 2 is 2.38 bits per heavy atom. The fraction of sp³-hybridized carbons (Fsp3) is 0.455. The van der Waals surface area contributed by atoms with Gasteiger partial charge in [0.05, 0.1) is 11.4 Å². The summed E-state index contributed by atoms with van der Waals surface area (Å²) in [5, 5.41) is 10.2. The highest BCUT2D eigenvalue weighted by atomic mass is 35.5. The first kappa shape index (κ1) is 11.7. The zero-order chi connectivity index (χ0) is 11.6. The van der Waals surface area contributed by atoms with Gasteiger partial charge in [0, 0.05) is 11.9 Å². The van der Waals surface area contributed by atoms with Crippen molar-refractivity contribution >= 4 is 29.3 Å². The molecule has 16 heavy (non-hydrogen) atoms. The van der Waals surface area contributed by atoms with Gasteiger partial charge in [-0.05, 0) is 30.4 Å². The normalized spacial score (nSPS) is 17.1. The Hall–Kier alpha value is -0.740. The molecule has 1 aliphatic carbocycles. The second-order valence-electron chi connectivity index (χ2n) is 4.15. The minimum Gasteiger partial charge on any atom is -0.481 e. The van der Waals surface area contributed by atoms with Crippen LogP contribution in [0.1, 0.15) is 19.3 Å². The van der Waals surface area contributed by atoms with Crippen LogP contribution in [0.25, 0.3) is 0 Å². The molecule has 86 valence electrons. The lowest BCUT2D eigenvalue weighted by atomic mass is 10.1. The minimum absolute atomic E-state index is 0.0165. The van der Waals surface area contributed by atoms with Crippen LogP contribution < -0.4 is 0 Å². The highest BCUT2D eigenvalue weighted by Gasteiger charge is 2.44. The molecule has 0 bridgehead atoms. The summed E-state index contributed by atoms with van der Waals surface area (Å²) in [6.07, 6.45) is 3.95. The molecule has 0 aromatic carbocycles. The highest BCUT2D eigenvalue weighted by Crippen LogP contribution is 2.52. The fourth-order valence-electron chi connectivity index (χ4n) is 1.57. The van der Waals surface area contributed by atoms with Gasteiger partial charge in [-0.2, -0.15) is 0 Å². The molecule has 0 unspecified atom stereocenters. The summed E-state index contributed by atoms with van der Waals surface area (Å²) in [6.45, 7) is 0.